The van der Waals surface area contributed by atoms with Crippen LogP contribution in [0.2, 0.25) is 0 Å². The predicted octanol–water partition coefficient (Wildman–Crippen LogP) is 4.97. The number of hydrogen-bond acceptors (Lipinski definition) is 4. The summed E-state index contributed by atoms with van der Waals surface area (Å²) >= 11 is 0. The molecule has 1 amide bonds. The lowest BCUT2D eigenvalue weighted by atomic mass is 9.85. The third kappa shape index (κ3) is 7.13. The van der Waals surface area contributed by atoms with Crippen molar-refractivity contribution >= 4 is 23.7 Å². The maximum Gasteiger partial charge on any atom is 0.226 e. The summed E-state index contributed by atoms with van der Waals surface area (Å²) in [5.41, 5.74) is 3.53. The number of carbonyl (C=O) groups is 1. The molecule has 1 aromatic carbocycles. The second kappa shape index (κ2) is 13.7. The van der Waals surface area contributed by atoms with E-state index < -0.39 is 0 Å². The van der Waals surface area contributed by atoms with Gasteiger partial charge in [-0.1, -0.05) is 31.7 Å². The van der Waals surface area contributed by atoms with Gasteiger partial charge in [0.2, 0.25) is 11.9 Å². The normalized spacial score (nSPS) is 23.1. The summed E-state index contributed by atoms with van der Waals surface area (Å²) in [5.74, 6) is 2.48. The first-order chi connectivity index (χ1) is 18.5. The summed E-state index contributed by atoms with van der Waals surface area (Å²) in [6, 6.07) is 8.42. The summed E-state index contributed by atoms with van der Waals surface area (Å²) in [5, 5.41) is 9.56. The van der Waals surface area contributed by atoms with Gasteiger partial charge >= 0.3 is 0 Å². The van der Waals surface area contributed by atoms with E-state index in [2.05, 4.69) is 58.7 Å². The molecule has 7 nitrogen and oxygen atoms in total. The van der Waals surface area contributed by atoms with E-state index in [4.69, 9.17) is 4.74 Å². The number of allylic oxidation sites excluding steroid dienone is 3. The third-order valence-electron chi connectivity index (χ3n) is 8.26. The Bertz CT molecular complexity index is 1040. The van der Waals surface area contributed by atoms with Gasteiger partial charge in [-0.15, -0.1) is 0 Å². The van der Waals surface area contributed by atoms with Gasteiger partial charge in [0.15, 0.2) is 0 Å². The molecule has 1 aromatic rings. The monoisotopic (exact) mass is 520 g/mol. The first-order valence-corrected chi connectivity index (χ1v) is 14.3. The van der Waals surface area contributed by atoms with Gasteiger partial charge < -0.3 is 19.6 Å². The Labute approximate surface area is 228 Å². The number of aliphatic hydroxyl groups is 1. The van der Waals surface area contributed by atoms with Crippen LogP contribution in [0.5, 0.6) is 5.75 Å². The molecule has 3 aliphatic rings. The van der Waals surface area contributed by atoms with E-state index in [1.165, 1.54) is 11.1 Å². The largest absolute Gasteiger partial charge is 0.493 e. The maximum absolute atomic E-state index is 12.9. The maximum atomic E-state index is 12.9. The molecule has 2 atom stereocenters. The molecule has 1 aliphatic carbocycles. The minimum atomic E-state index is 0.0150. The lowest BCUT2D eigenvalue weighted by molar-refractivity contribution is -0.137. The fraction of sp³-hybridized carbons (Fsp3) is 0.581. The molecule has 0 aromatic heterocycles. The molecular formula is C31H44N4O3. The number of rotatable bonds is 8. The molecule has 4 rings (SSSR count). The van der Waals surface area contributed by atoms with Crippen LogP contribution in [0.15, 0.2) is 52.5 Å². The average molecular weight is 521 g/mol. The topological polar surface area (TPSA) is 77.7 Å². The number of hydrogen-bond donors (Lipinski definition) is 1. The van der Waals surface area contributed by atoms with Crippen molar-refractivity contribution in [3.05, 3.63) is 48.1 Å². The van der Waals surface area contributed by atoms with E-state index in [-0.39, 0.29) is 24.5 Å². The second-order valence-corrected chi connectivity index (χ2v) is 10.8. The van der Waals surface area contributed by atoms with Crippen LogP contribution in [0.4, 0.5) is 0 Å². The number of benzene rings is 1. The molecule has 38 heavy (non-hydrogen) atoms. The number of ether oxygens (including phenoxy) is 1. The fourth-order valence-electron chi connectivity index (χ4n) is 5.67. The zero-order valence-electron chi connectivity index (χ0n) is 23.1. The number of carbonyl (C=O) groups excluding carboxylic acids is 1. The highest BCUT2D eigenvalue weighted by molar-refractivity contribution is 5.92. The summed E-state index contributed by atoms with van der Waals surface area (Å²) in [4.78, 5) is 26.0. The lowest BCUT2D eigenvalue weighted by Crippen LogP contribution is -2.41. The van der Waals surface area contributed by atoms with Gasteiger partial charge in [-0.05, 0) is 86.1 Å². The minimum absolute atomic E-state index is 0.0150. The molecule has 206 valence electrons. The Balaban J connectivity index is 1.22. The highest BCUT2D eigenvalue weighted by atomic mass is 16.5. The zero-order chi connectivity index (χ0) is 26.9. The molecule has 2 saturated heterocycles. The minimum Gasteiger partial charge on any atom is -0.493 e. The summed E-state index contributed by atoms with van der Waals surface area (Å²) in [7, 11) is 1.79. The zero-order valence-corrected chi connectivity index (χ0v) is 23.1. The number of likely N-dealkylation sites (tertiary alicyclic amines) is 2. The van der Waals surface area contributed by atoms with Crippen molar-refractivity contribution in [1.29, 1.82) is 0 Å². The summed E-state index contributed by atoms with van der Waals surface area (Å²) < 4.78 is 6.15. The molecule has 7 heteroatoms. The number of piperidine rings is 1. The van der Waals surface area contributed by atoms with Crippen LogP contribution in [0.25, 0.3) is 5.57 Å². The number of nitrogens with zero attached hydrogens (tertiary/aromatic N) is 4. The second-order valence-electron chi connectivity index (χ2n) is 10.8. The van der Waals surface area contributed by atoms with Crippen LogP contribution >= 0.6 is 0 Å². The standard InChI is InChI=1S/C31H44N4O3/c1-4-23(2)20-33-31(32-3)34-18-15-24(16-19-34)22-38-29-13-11-26(12-14-29)25-7-9-27(10-8-25)30(37)35-17-5-6-28(35)21-36/h7,11-14,20,24,27-28,36H,2,4-6,8-10,15-19,21-22H2,1,3H3/t27?,28-/m1/s1. The molecule has 0 saturated carbocycles. The molecule has 1 N–H and O–H groups in total. The molecular weight excluding hydrogens is 476 g/mol. The van der Waals surface area contributed by atoms with Gasteiger partial charge in [-0.3, -0.25) is 9.79 Å². The first kappa shape index (κ1) is 28.1. The Morgan fingerprint density at radius 3 is 2.55 bits per heavy atom. The van der Waals surface area contributed by atoms with Gasteiger partial charge in [-0.2, -0.15) is 0 Å². The van der Waals surface area contributed by atoms with E-state index in [9.17, 15) is 9.90 Å². The van der Waals surface area contributed by atoms with Gasteiger partial charge in [0.25, 0.3) is 0 Å². The molecule has 2 heterocycles. The van der Waals surface area contributed by atoms with Crippen molar-refractivity contribution in [3.8, 4) is 5.75 Å². The molecule has 0 spiro atoms. The van der Waals surface area contributed by atoms with Crippen molar-refractivity contribution in [3.63, 3.8) is 0 Å². The summed E-state index contributed by atoms with van der Waals surface area (Å²) in [6.45, 7) is 9.52. The quantitative estimate of drug-likeness (QED) is 0.388. The molecule has 1 unspecified atom stereocenters. The first-order valence-electron chi connectivity index (χ1n) is 14.3. The van der Waals surface area contributed by atoms with Crippen molar-refractivity contribution in [2.75, 3.05) is 39.9 Å². The number of aliphatic hydroxyl groups excluding tert-OH is 1. The SMILES string of the molecule is C=C(C=NC(=NC)N1CCC(COc2ccc(C3=CCC(C(=O)N4CCC[C@@H]4CO)CC3)cc2)CC1)CC. The van der Waals surface area contributed by atoms with Gasteiger partial charge in [0.05, 0.1) is 19.3 Å². The third-order valence-corrected chi connectivity index (χ3v) is 8.26. The van der Waals surface area contributed by atoms with Gasteiger partial charge in [-0.25, -0.2) is 4.99 Å². The Hall–Kier alpha value is -2.93. The Morgan fingerprint density at radius 1 is 1.16 bits per heavy atom. The Morgan fingerprint density at radius 2 is 1.92 bits per heavy atom. The van der Waals surface area contributed by atoms with E-state index >= 15 is 0 Å². The van der Waals surface area contributed by atoms with Crippen molar-refractivity contribution < 1.29 is 14.6 Å². The van der Waals surface area contributed by atoms with Crippen LogP contribution in [-0.4, -0.2) is 78.9 Å². The molecule has 2 aliphatic heterocycles. The highest BCUT2D eigenvalue weighted by Crippen LogP contribution is 2.33. The van der Waals surface area contributed by atoms with Crippen molar-refractivity contribution in [2.24, 2.45) is 21.8 Å². The predicted molar refractivity (Wildman–Crippen MR) is 155 cm³/mol. The number of amides is 1. The van der Waals surface area contributed by atoms with E-state index in [0.717, 1.165) is 94.9 Å². The van der Waals surface area contributed by atoms with E-state index in [0.29, 0.717) is 5.92 Å². The Kier molecular flexibility index (Phi) is 10.2. The van der Waals surface area contributed by atoms with Crippen molar-refractivity contribution in [1.82, 2.24) is 9.80 Å². The molecule has 0 bridgehead atoms. The fourth-order valence-corrected chi connectivity index (χ4v) is 5.67. The van der Waals surface area contributed by atoms with E-state index in [1.54, 1.807) is 7.05 Å². The van der Waals surface area contributed by atoms with Crippen LogP contribution in [-0.2, 0) is 4.79 Å². The molecule has 0 radical (unpaired) electrons. The average Bonchev–Trinajstić information content (AvgIpc) is 3.46. The smallest absolute Gasteiger partial charge is 0.226 e. The lowest BCUT2D eigenvalue weighted by Gasteiger charge is -2.32. The highest BCUT2D eigenvalue weighted by Gasteiger charge is 2.33. The van der Waals surface area contributed by atoms with Crippen LogP contribution in [0.1, 0.15) is 63.9 Å². The van der Waals surface area contributed by atoms with Gasteiger partial charge in [0, 0.05) is 38.8 Å². The summed E-state index contributed by atoms with van der Waals surface area (Å²) in [6.07, 6.45) is 11.6. The van der Waals surface area contributed by atoms with Crippen LogP contribution < -0.4 is 4.74 Å². The van der Waals surface area contributed by atoms with Gasteiger partial charge in [0.1, 0.15) is 5.75 Å². The number of guanidine groups is 1. The number of aliphatic imine (C=N–C) groups is 2. The van der Waals surface area contributed by atoms with Crippen molar-refractivity contribution in [2.45, 2.75) is 64.3 Å². The van der Waals surface area contributed by atoms with Crippen LogP contribution in [0, 0.1) is 11.8 Å². The van der Waals surface area contributed by atoms with Crippen LogP contribution in [0.3, 0.4) is 0 Å². The molecule has 2 fully saturated rings. The van der Waals surface area contributed by atoms with E-state index in [1.807, 2.05) is 11.1 Å².